The van der Waals surface area contributed by atoms with Gasteiger partial charge in [0.15, 0.2) is 17.3 Å². The summed E-state index contributed by atoms with van der Waals surface area (Å²) >= 11 is 1.64. The minimum absolute atomic E-state index is 0.107. The van der Waals surface area contributed by atoms with Gasteiger partial charge in [0, 0.05) is 22.5 Å². The first kappa shape index (κ1) is 23.4. The number of allylic oxidation sites excluding steroid dienone is 1. The number of Topliss-reactive ketones (excluding diaryl/α,β-unsaturated/α-hetero) is 1. The number of ketones is 1. The highest BCUT2D eigenvalue weighted by atomic mass is 32.2. The molecule has 0 spiro atoms. The number of esters is 1. The van der Waals surface area contributed by atoms with Gasteiger partial charge < -0.3 is 18.9 Å². The predicted molar refractivity (Wildman–Crippen MR) is 131 cm³/mol. The van der Waals surface area contributed by atoms with Crippen molar-refractivity contribution in [2.24, 2.45) is 0 Å². The molecule has 0 atom stereocenters. The smallest absolute Gasteiger partial charge is 0.338 e. The number of thioether (sulfide) groups is 1. The van der Waals surface area contributed by atoms with Gasteiger partial charge in [-0.1, -0.05) is 18.2 Å². The maximum atomic E-state index is 13.8. The number of carbonyl (C=O) groups excluding carboxylic acids is 2. The van der Waals surface area contributed by atoms with Crippen molar-refractivity contribution in [3.8, 4) is 17.2 Å². The van der Waals surface area contributed by atoms with Crippen LogP contribution in [-0.2, 0) is 16.0 Å². The molecule has 34 heavy (non-hydrogen) atoms. The lowest BCUT2D eigenvalue weighted by Gasteiger charge is -2.15. The van der Waals surface area contributed by atoms with E-state index < -0.39 is 5.97 Å². The second kappa shape index (κ2) is 10.5. The molecule has 1 aliphatic heterocycles. The Morgan fingerprint density at radius 3 is 2.21 bits per heavy atom. The number of hydrogen-bond acceptors (Lipinski definition) is 7. The fourth-order valence-corrected chi connectivity index (χ4v) is 4.12. The molecule has 174 valence electrons. The summed E-state index contributed by atoms with van der Waals surface area (Å²) in [5.74, 6) is 0.868. The summed E-state index contributed by atoms with van der Waals surface area (Å²) in [6, 6.07) is 19.9. The quantitative estimate of drug-likeness (QED) is 0.192. The summed E-state index contributed by atoms with van der Waals surface area (Å²) in [5, 5.41) is 0. The van der Waals surface area contributed by atoms with Gasteiger partial charge in [-0.3, -0.25) is 4.79 Å². The Kier molecular flexibility index (Phi) is 7.23. The minimum atomic E-state index is -0.600. The largest absolute Gasteiger partial charge is 0.497 e. The first-order valence-corrected chi connectivity index (χ1v) is 11.8. The van der Waals surface area contributed by atoms with Gasteiger partial charge in [0.1, 0.15) is 5.75 Å². The van der Waals surface area contributed by atoms with Crippen LogP contribution in [0.15, 0.2) is 77.2 Å². The summed E-state index contributed by atoms with van der Waals surface area (Å²) < 4.78 is 21.2. The van der Waals surface area contributed by atoms with Crippen LogP contribution in [0.3, 0.4) is 0 Å². The lowest BCUT2D eigenvalue weighted by atomic mass is 9.89. The third-order valence-corrected chi connectivity index (χ3v) is 6.26. The zero-order valence-corrected chi connectivity index (χ0v) is 19.9. The Morgan fingerprint density at radius 2 is 1.56 bits per heavy atom. The highest BCUT2D eigenvalue weighted by Crippen LogP contribution is 2.36. The summed E-state index contributed by atoms with van der Waals surface area (Å²) in [6.07, 6.45) is 2.25. The number of methoxy groups -OCH3 is 2. The van der Waals surface area contributed by atoms with E-state index in [9.17, 15) is 9.59 Å². The molecule has 7 heteroatoms. The van der Waals surface area contributed by atoms with Crippen molar-refractivity contribution in [2.45, 2.75) is 11.3 Å². The number of fused-ring (bicyclic) bond motifs is 1. The van der Waals surface area contributed by atoms with Gasteiger partial charge in [-0.05, 0) is 65.9 Å². The van der Waals surface area contributed by atoms with E-state index >= 15 is 0 Å². The Bertz CT molecular complexity index is 1230. The molecule has 0 saturated carbocycles. The highest BCUT2D eigenvalue weighted by molar-refractivity contribution is 7.98. The molecule has 6 nitrogen and oxygen atoms in total. The molecule has 0 radical (unpaired) electrons. The number of ether oxygens (including phenoxy) is 4. The Hall–Kier alpha value is -3.71. The molecule has 0 N–H and O–H groups in total. The summed E-state index contributed by atoms with van der Waals surface area (Å²) in [7, 11) is 2.87. The van der Waals surface area contributed by atoms with Crippen LogP contribution >= 0.6 is 11.8 Å². The molecule has 0 aromatic heterocycles. The van der Waals surface area contributed by atoms with Crippen LogP contribution < -0.4 is 14.2 Å². The highest BCUT2D eigenvalue weighted by Gasteiger charge is 2.26. The number of rotatable bonds is 8. The van der Waals surface area contributed by atoms with E-state index in [2.05, 4.69) is 0 Å². The minimum Gasteiger partial charge on any atom is -0.497 e. The normalized spacial score (nSPS) is 12.7. The van der Waals surface area contributed by atoms with Gasteiger partial charge in [-0.25, -0.2) is 4.79 Å². The Labute approximate surface area is 202 Å². The molecule has 0 saturated heterocycles. The monoisotopic (exact) mass is 476 g/mol. The van der Waals surface area contributed by atoms with E-state index in [-0.39, 0.29) is 24.6 Å². The molecule has 4 rings (SSSR count). The van der Waals surface area contributed by atoms with E-state index in [0.29, 0.717) is 33.9 Å². The van der Waals surface area contributed by atoms with Gasteiger partial charge in [-0.15, -0.1) is 11.8 Å². The van der Waals surface area contributed by atoms with Crippen LogP contribution in [-0.4, -0.2) is 39.0 Å². The number of carbonyl (C=O) groups is 2. The van der Waals surface area contributed by atoms with Gasteiger partial charge in [0.05, 0.1) is 19.8 Å². The molecule has 0 amide bonds. The third kappa shape index (κ3) is 4.94. The number of benzene rings is 3. The van der Waals surface area contributed by atoms with Crippen LogP contribution in [0.25, 0.3) is 5.57 Å². The van der Waals surface area contributed by atoms with Crippen LogP contribution in [0, 0.1) is 0 Å². The lowest BCUT2D eigenvalue weighted by molar-refractivity contribution is -0.133. The molecule has 3 aromatic carbocycles. The lowest BCUT2D eigenvalue weighted by Crippen LogP contribution is -2.15. The second-order valence-corrected chi connectivity index (χ2v) is 8.38. The maximum absolute atomic E-state index is 13.8. The van der Waals surface area contributed by atoms with E-state index in [1.165, 1.54) is 7.11 Å². The van der Waals surface area contributed by atoms with Crippen molar-refractivity contribution in [1.29, 1.82) is 0 Å². The summed E-state index contributed by atoms with van der Waals surface area (Å²) in [6.45, 7) is 0.107. The Morgan fingerprint density at radius 1 is 0.882 bits per heavy atom. The fraction of sp³-hybridized carbons (Fsp3) is 0.185. The Balaban J connectivity index is 1.86. The fourth-order valence-electron chi connectivity index (χ4n) is 3.72. The summed E-state index contributed by atoms with van der Waals surface area (Å²) in [5.41, 5.74) is 2.38. The van der Waals surface area contributed by atoms with Gasteiger partial charge in [0.25, 0.3) is 0 Å². The summed E-state index contributed by atoms with van der Waals surface area (Å²) in [4.78, 5) is 27.9. The average molecular weight is 477 g/mol. The van der Waals surface area contributed by atoms with Gasteiger partial charge in [0.2, 0.25) is 6.79 Å². The first-order chi connectivity index (χ1) is 16.5. The van der Waals surface area contributed by atoms with Crippen molar-refractivity contribution in [3.05, 3.63) is 89.0 Å². The van der Waals surface area contributed by atoms with Crippen molar-refractivity contribution >= 4 is 29.1 Å². The molecule has 1 heterocycles. The van der Waals surface area contributed by atoms with Crippen LogP contribution in [0.4, 0.5) is 0 Å². The van der Waals surface area contributed by atoms with Crippen molar-refractivity contribution in [2.75, 3.05) is 27.3 Å². The molecule has 0 aliphatic carbocycles. The van der Waals surface area contributed by atoms with Gasteiger partial charge in [-0.2, -0.15) is 0 Å². The van der Waals surface area contributed by atoms with E-state index in [0.717, 1.165) is 10.5 Å². The van der Waals surface area contributed by atoms with Crippen LogP contribution in [0.5, 0.6) is 17.2 Å². The van der Waals surface area contributed by atoms with Crippen molar-refractivity contribution in [3.63, 3.8) is 0 Å². The van der Waals surface area contributed by atoms with Gasteiger partial charge >= 0.3 is 5.97 Å². The third-order valence-electron chi connectivity index (χ3n) is 5.52. The molecule has 1 aliphatic rings. The van der Waals surface area contributed by atoms with E-state index in [4.69, 9.17) is 18.9 Å². The predicted octanol–water partition coefficient (Wildman–Crippen LogP) is 5.20. The van der Waals surface area contributed by atoms with Crippen LogP contribution in [0.1, 0.15) is 21.5 Å². The SMILES string of the molecule is COC(=O)/C(=C(/Cc1ccc(SC)cc1)C(=O)c1ccc(OC)cc1)c1ccc2c(c1)OCO2. The topological polar surface area (TPSA) is 71.1 Å². The van der Waals surface area contributed by atoms with Crippen LogP contribution in [0.2, 0.25) is 0 Å². The standard InChI is InChI=1S/C27H24O6S/c1-30-20-9-6-18(7-10-20)26(28)22(14-17-4-11-21(34-3)12-5-17)25(27(29)31-2)19-8-13-23-24(15-19)33-16-32-23/h4-13,15H,14,16H2,1-3H3/b25-22-. The zero-order chi connectivity index (χ0) is 24.1. The first-order valence-electron chi connectivity index (χ1n) is 10.6. The molecule has 3 aromatic rings. The molecule has 0 fully saturated rings. The van der Waals surface area contributed by atoms with E-state index in [1.54, 1.807) is 61.3 Å². The molecule has 0 unspecified atom stereocenters. The second-order valence-electron chi connectivity index (χ2n) is 7.50. The number of hydrogen-bond donors (Lipinski definition) is 0. The average Bonchev–Trinajstić information content (AvgIpc) is 3.36. The molecular formula is C27H24O6S. The zero-order valence-electron chi connectivity index (χ0n) is 19.1. The van der Waals surface area contributed by atoms with Crippen molar-refractivity contribution in [1.82, 2.24) is 0 Å². The van der Waals surface area contributed by atoms with E-state index in [1.807, 2.05) is 30.5 Å². The maximum Gasteiger partial charge on any atom is 0.338 e. The van der Waals surface area contributed by atoms with Crippen molar-refractivity contribution < 1.29 is 28.5 Å². The molecule has 0 bridgehead atoms. The molecular weight excluding hydrogens is 452 g/mol.